The number of amidine groups is 1. The number of morpholine rings is 1. The lowest BCUT2D eigenvalue weighted by Crippen LogP contribution is -2.36. The summed E-state index contributed by atoms with van der Waals surface area (Å²) in [6, 6.07) is 20.2. The first kappa shape index (κ1) is 19.9. The first-order valence-electron chi connectivity index (χ1n) is 10.5. The summed E-state index contributed by atoms with van der Waals surface area (Å²) in [4.78, 5) is 19.8. The second-order valence-corrected chi connectivity index (χ2v) is 8.95. The van der Waals surface area contributed by atoms with Crippen molar-refractivity contribution < 1.29 is 9.53 Å². The second kappa shape index (κ2) is 8.61. The van der Waals surface area contributed by atoms with Crippen molar-refractivity contribution in [1.82, 2.24) is 0 Å². The summed E-state index contributed by atoms with van der Waals surface area (Å²) in [6.07, 6.45) is 0. The lowest BCUT2D eigenvalue weighted by molar-refractivity contribution is -0.115. The van der Waals surface area contributed by atoms with Crippen LogP contribution in [0.1, 0.15) is 6.92 Å². The van der Waals surface area contributed by atoms with Gasteiger partial charge in [-0.05, 0) is 48.7 Å². The van der Waals surface area contributed by atoms with Crippen LogP contribution in [0.5, 0.6) is 0 Å². The van der Waals surface area contributed by atoms with Crippen molar-refractivity contribution in [2.75, 3.05) is 41.8 Å². The van der Waals surface area contributed by atoms with Gasteiger partial charge in [-0.3, -0.25) is 4.79 Å². The molecular formula is C24H24N4O2S. The van der Waals surface area contributed by atoms with E-state index in [2.05, 4.69) is 27.7 Å². The molecular weight excluding hydrogens is 408 g/mol. The molecule has 7 heteroatoms. The number of amides is 1. The molecule has 1 amide bonds. The van der Waals surface area contributed by atoms with Crippen LogP contribution >= 0.6 is 11.8 Å². The van der Waals surface area contributed by atoms with Crippen LogP contribution in [0.4, 0.5) is 22.7 Å². The van der Waals surface area contributed by atoms with E-state index >= 15 is 0 Å². The fourth-order valence-electron chi connectivity index (χ4n) is 3.87. The molecule has 6 nitrogen and oxygen atoms in total. The molecule has 0 bridgehead atoms. The zero-order chi connectivity index (χ0) is 21.2. The number of thioether (sulfide) groups is 1. The summed E-state index contributed by atoms with van der Waals surface area (Å²) in [6.45, 7) is 5.19. The monoisotopic (exact) mass is 432 g/mol. The van der Waals surface area contributed by atoms with Crippen molar-refractivity contribution >= 4 is 56.4 Å². The van der Waals surface area contributed by atoms with E-state index in [1.165, 1.54) is 11.8 Å². The fourth-order valence-corrected chi connectivity index (χ4v) is 4.69. The highest BCUT2D eigenvalue weighted by atomic mass is 32.2. The summed E-state index contributed by atoms with van der Waals surface area (Å²) < 4.78 is 5.41. The van der Waals surface area contributed by atoms with Crippen LogP contribution < -0.4 is 15.5 Å². The molecule has 0 spiro atoms. The Morgan fingerprint density at radius 2 is 1.84 bits per heavy atom. The Hall–Kier alpha value is -3.03. The number of hydrogen-bond acceptors (Lipinski definition) is 6. The van der Waals surface area contributed by atoms with Gasteiger partial charge in [0.1, 0.15) is 0 Å². The first-order valence-corrected chi connectivity index (χ1v) is 11.3. The number of rotatable bonds is 4. The van der Waals surface area contributed by atoms with E-state index in [-0.39, 0.29) is 11.2 Å². The van der Waals surface area contributed by atoms with Crippen LogP contribution in [0.3, 0.4) is 0 Å². The van der Waals surface area contributed by atoms with Gasteiger partial charge >= 0.3 is 0 Å². The predicted molar refractivity (Wildman–Crippen MR) is 130 cm³/mol. The number of carbonyl (C=O) groups is 1. The zero-order valence-electron chi connectivity index (χ0n) is 17.3. The van der Waals surface area contributed by atoms with Crippen molar-refractivity contribution in [3.8, 4) is 0 Å². The van der Waals surface area contributed by atoms with Crippen LogP contribution in [-0.4, -0.2) is 42.6 Å². The molecule has 0 aliphatic carbocycles. The number of hydrogen-bond donors (Lipinski definition) is 2. The van der Waals surface area contributed by atoms with Gasteiger partial charge in [-0.2, -0.15) is 0 Å². The zero-order valence-corrected chi connectivity index (χ0v) is 18.1. The Labute approximate surface area is 185 Å². The summed E-state index contributed by atoms with van der Waals surface area (Å²) in [5.74, 6) is -0.0503. The Morgan fingerprint density at radius 3 is 2.61 bits per heavy atom. The quantitative estimate of drug-likeness (QED) is 0.617. The summed E-state index contributed by atoms with van der Waals surface area (Å²) >= 11 is 1.43. The number of ether oxygens (including phenoxy) is 1. The summed E-state index contributed by atoms with van der Waals surface area (Å²) in [5.41, 5.74) is 3.90. The molecule has 0 saturated carbocycles. The highest BCUT2D eigenvalue weighted by molar-refractivity contribution is 8.15. The molecule has 0 aromatic heterocycles. The van der Waals surface area contributed by atoms with Crippen LogP contribution in [-0.2, 0) is 9.53 Å². The topological polar surface area (TPSA) is 66.0 Å². The normalized spacial score (nSPS) is 16.4. The van der Waals surface area contributed by atoms with E-state index in [0.717, 1.165) is 65.0 Å². The molecule has 0 unspecified atom stereocenters. The van der Waals surface area contributed by atoms with Gasteiger partial charge in [0.25, 0.3) is 0 Å². The van der Waals surface area contributed by atoms with Gasteiger partial charge in [-0.25, -0.2) is 4.99 Å². The highest BCUT2D eigenvalue weighted by Crippen LogP contribution is 2.37. The average molecular weight is 433 g/mol. The third kappa shape index (κ3) is 4.24. The number of aliphatic imine (C=N–C) groups is 1. The SMILES string of the molecule is C[C@H](SC1=Nc2cccc3cccc(c23)N1)C(=O)Nc1ccc(N2CCOCC2)cc1. The number of nitrogens with one attached hydrogen (secondary N) is 2. The lowest BCUT2D eigenvalue weighted by Gasteiger charge is -2.29. The van der Waals surface area contributed by atoms with Crippen molar-refractivity contribution in [3.63, 3.8) is 0 Å². The van der Waals surface area contributed by atoms with Crippen molar-refractivity contribution in [3.05, 3.63) is 60.7 Å². The Kier molecular flexibility index (Phi) is 5.53. The second-order valence-electron chi connectivity index (χ2n) is 7.62. The maximum atomic E-state index is 12.8. The predicted octanol–water partition coefficient (Wildman–Crippen LogP) is 4.85. The fraction of sp³-hybridized carbons (Fsp3) is 0.250. The molecule has 2 N–H and O–H groups in total. The first-order chi connectivity index (χ1) is 15.2. The van der Waals surface area contributed by atoms with E-state index in [0.29, 0.717) is 0 Å². The summed E-state index contributed by atoms with van der Waals surface area (Å²) in [7, 11) is 0. The maximum absolute atomic E-state index is 12.8. The number of benzene rings is 3. The smallest absolute Gasteiger partial charge is 0.237 e. The minimum absolute atomic E-state index is 0.0503. The van der Waals surface area contributed by atoms with Crippen molar-refractivity contribution in [2.45, 2.75) is 12.2 Å². The van der Waals surface area contributed by atoms with Gasteiger partial charge in [0.05, 0.1) is 29.8 Å². The maximum Gasteiger partial charge on any atom is 0.237 e. The molecule has 2 aliphatic heterocycles. The molecule has 1 atom stereocenters. The average Bonchev–Trinajstić information content (AvgIpc) is 2.80. The van der Waals surface area contributed by atoms with E-state index in [4.69, 9.17) is 9.73 Å². The lowest BCUT2D eigenvalue weighted by atomic mass is 10.1. The number of nitrogens with zero attached hydrogens (tertiary/aromatic N) is 2. The minimum atomic E-state index is -0.297. The Bertz CT molecular complexity index is 1130. The van der Waals surface area contributed by atoms with Crippen molar-refractivity contribution in [1.29, 1.82) is 0 Å². The van der Waals surface area contributed by atoms with Gasteiger partial charge in [0, 0.05) is 29.9 Å². The van der Waals surface area contributed by atoms with Crippen LogP contribution in [0, 0.1) is 0 Å². The molecule has 158 valence electrons. The molecule has 31 heavy (non-hydrogen) atoms. The van der Waals surface area contributed by atoms with E-state index in [1.807, 2.05) is 55.5 Å². The van der Waals surface area contributed by atoms with Gasteiger partial charge in [0.2, 0.25) is 5.91 Å². The van der Waals surface area contributed by atoms with E-state index < -0.39 is 0 Å². The van der Waals surface area contributed by atoms with Crippen LogP contribution in [0.25, 0.3) is 10.8 Å². The van der Waals surface area contributed by atoms with E-state index in [9.17, 15) is 4.79 Å². The Balaban J connectivity index is 1.24. The van der Waals surface area contributed by atoms with Crippen LogP contribution in [0.2, 0.25) is 0 Å². The van der Waals surface area contributed by atoms with Gasteiger partial charge in [0.15, 0.2) is 5.17 Å². The minimum Gasteiger partial charge on any atom is -0.378 e. The largest absolute Gasteiger partial charge is 0.378 e. The third-order valence-corrected chi connectivity index (χ3v) is 6.50. The number of anilines is 3. The van der Waals surface area contributed by atoms with Gasteiger partial charge < -0.3 is 20.3 Å². The van der Waals surface area contributed by atoms with Crippen molar-refractivity contribution in [2.24, 2.45) is 4.99 Å². The summed E-state index contributed by atoms with van der Waals surface area (Å²) in [5, 5.41) is 9.09. The third-order valence-electron chi connectivity index (χ3n) is 5.52. The Morgan fingerprint density at radius 1 is 1.10 bits per heavy atom. The molecule has 1 fully saturated rings. The molecule has 5 rings (SSSR count). The van der Waals surface area contributed by atoms with Crippen LogP contribution in [0.15, 0.2) is 65.7 Å². The molecule has 2 heterocycles. The standard InChI is InChI=1S/C24H24N4O2S/c1-16(23(29)25-18-8-10-19(11-9-18)28-12-14-30-15-13-28)31-24-26-20-6-2-4-17-5-3-7-21(27-24)22(17)20/h2-11,16H,12-15H2,1H3,(H,25,29)(H,26,27)/t16-/m0/s1. The molecule has 3 aromatic carbocycles. The van der Waals surface area contributed by atoms with E-state index in [1.54, 1.807) is 0 Å². The van der Waals surface area contributed by atoms with Gasteiger partial charge in [-0.1, -0.05) is 36.0 Å². The number of carbonyl (C=O) groups excluding carboxylic acids is 1. The molecule has 2 aliphatic rings. The molecule has 0 radical (unpaired) electrons. The molecule has 1 saturated heterocycles. The molecule has 3 aromatic rings. The van der Waals surface area contributed by atoms with Gasteiger partial charge in [-0.15, -0.1) is 0 Å². The highest BCUT2D eigenvalue weighted by Gasteiger charge is 2.21.